The zero-order valence-corrected chi connectivity index (χ0v) is 11.3. The normalized spacial score (nSPS) is 18.9. The number of urea groups is 1. The van der Waals surface area contributed by atoms with Crippen molar-refractivity contribution in [3.63, 3.8) is 0 Å². The third-order valence-corrected chi connectivity index (χ3v) is 3.10. The molecule has 1 unspecified atom stereocenters. The Morgan fingerprint density at radius 1 is 1.60 bits per heavy atom. The Bertz CT molecular complexity index is 488. The number of ether oxygens (including phenoxy) is 1. The smallest absolute Gasteiger partial charge is 0.318 e. The molecule has 1 aromatic rings. The Morgan fingerprint density at radius 2 is 2.40 bits per heavy atom. The monoisotopic (exact) mass is 282 g/mol. The molecule has 2 rings (SSSR count). The fourth-order valence-electron chi connectivity index (χ4n) is 2.14. The minimum Gasteiger partial charge on any atom is -0.481 e. The predicted molar refractivity (Wildman–Crippen MR) is 69.0 cm³/mol. The highest BCUT2D eigenvalue weighted by Gasteiger charge is 2.28. The Kier molecular flexibility index (Phi) is 4.57. The SMILES string of the molecule is Cn1cc(CNC(=O)N2CCOCC2CC(=O)O)cn1. The second-order valence-corrected chi connectivity index (χ2v) is 4.70. The van der Waals surface area contributed by atoms with Crippen molar-refractivity contribution in [3.05, 3.63) is 18.0 Å². The van der Waals surface area contributed by atoms with Crippen LogP contribution in [0.1, 0.15) is 12.0 Å². The van der Waals surface area contributed by atoms with Gasteiger partial charge >= 0.3 is 12.0 Å². The highest BCUT2D eigenvalue weighted by molar-refractivity contribution is 5.76. The van der Waals surface area contributed by atoms with Gasteiger partial charge in [0.1, 0.15) is 0 Å². The van der Waals surface area contributed by atoms with Gasteiger partial charge in [-0.1, -0.05) is 0 Å². The van der Waals surface area contributed by atoms with Crippen LogP contribution in [0.4, 0.5) is 4.79 Å². The van der Waals surface area contributed by atoms with Crippen LogP contribution in [0, 0.1) is 0 Å². The quantitative estimate of drug-likeness (QED) is 0.797. The number of morpholine rings is 1. The van der Waals surface area contributed by atoms with Crippen molar-refractivity contribution < 1.29 is 19.4 Å². The first kappa shape index (κ1) is 14.3. The van der Waals surface area contributed by atoms with E-state index in [0.717, 1.165) is 5.56 Å². The molecule has 0 radical (unpaired) electrons. The molecule has 1 atom stereocenters. The van der Waals surface area contributed by atoms with Gasteiger partial charge in [-0.05, 0) is 0 Å². The van der Waals surface area contributed by atoms with Gasteiger partial charge in [-0.15, -0.1) is 0 Å². The summed E-state index contributed by atoms with van der Waals surface area (Å²) in [6.07, 6.45) is 3.38. The molecule has 8 nitrogen and oxygen atoms in total. The molecule has 0 saturated carbocycles. The zero-order chi connectivity index (χ0) is 14.5. The molecule has 1 saturated heterocycles. The van der Waals surface area contributed by atoms with E-state index in [1.165, 1.54) is 4.90 Å². The van der Waals surface area contributed by atoms with Gasteiger partial charge in [0.2, 0.25) is 0 Å². The summed E-state index contributed by atoms with van der Waals surface area (Å²) in [6, 6.07) is -0.696. The van der Waals surface area contributed by atoms with Gasteiger partial charge in [-0.25, -0.2) is 4.79 Å². The van der Waals surface area contributed by atoms with Crippen molar-refractivity contribution in [1.82, 2.24) is 20.0 Å². The number of hydrogen-bond donors (Lipinski definition) is 2. The minimum atomic E-state index is -0.939. The maximum atomic E-state index is 12.1. The summed E-state index contributed by atoms with van der Waals surface area (Å²) in [5.41, 5.74) is 0.892. The van der Waals surface area contributed by atoms with Gasteiger partial charge in [0.25, 0.3) is 0 Å². The van der Waals surface area contributed by atoms with E-state index in [9.17, 15) is 9.59 Å². The third kappa shape index (κ3) is 3.70. The molecule has 1 aliphatic heterocycles. The van der Waals surface area contributed by atoms with E-state index < -0.39 is 12.0 Å². The molecule has 8 heteroatoms. The van der Waals surface area contributed by atoms with Gasteiger partial charge in [0, 0.05) is 31.9 Å². The highest BCUT2D eigenvalue weighted by atomic mass is 16.5. The van der Waals surface area contributed by atoms with Crippen LogP contribution in [0.5, 0.6) is 0 Å². The van der Waals surface area contributed by atoms with Crippen LogP contribution in [0.25, 0.3) is 0 Å². The minimum absolute atomic E-state index is 0.111. The lowest BCUT2D eigenvalue weighted by molar-refractivity contribution is -0.139. The molecule has 0 spiro atoms. The topological polar surface area (TPSA) is 96.7 Å². The molecule has 2 amide bonds. The number of nitrogens with one attached hydrogen (secondary N) is 1. The number of carboxylic acids is 1. The Morgan fingerprint density at radius 3 is 3.05 bits per heavy atom. The first-order valence-electron chi connectivity index (χ1n) is 6.38. The average Bonchev–Trinajstić information content (AvgIpc) is 2.82. The molecule has 1 aromatic heterocycles. The number of amides is 2. The summed E-state index contributed by atoms with van der Waals surface area (Å²) in [6.45, 7) is 1.45. The Balaban J connectivity index is 1.90. The first-order chi connectivity index (χ1) is 9.56. The molecule has 2 heterocycles. The predicted octanol–water partition coefficient (Wildman–Crippen LogP) is -0.195. The molecule has 20 heavy (non-hydrogen) atoms. The number of nitrogens with zero attached hydrogens (tertiary/aromatic N) is 3. The van der Waals surface area contributed by atoms with Crippen molar-refractivity contribution in [2.24, 2.45) is 7.05 Å². The average molecular weight is 282 g/mol. The zero-order valence-electron chi connectivity index (χ0n) is 11.3. The maximum absolute atomic E-state index is 12.1. The fraction of sp³-hybridized carbons (Fsp3) is 0.583. The van der Waals surface area contributed by atoms with Crippen LogP contribution in [0.3, 0.4) is 0 Å². The Hall–Kier alpha value is -2.09. The van der Waals surface area contributed by atoms with Gasteiger partial charge in [0.05, 0.1) is 31.9 Å². The Labute approximate surface area is 116 Å². The van der Waals surface area contributed by atoms with Gasteiger partial charge in [-0.3, -0.25) is 9.48 Å². The molecule has 2 N–H and O–H groups in total. The van der Waals surface area contributed by atoms with E-state index in [0.29, 0.717) is 19.7 Å². The van der Waals surface area contributed by atoms with E-state index in [2.05, 4.69) is 10.4 Å². The first-order valence-corrected chi connectivity index (χ1v) is 6.38. The van der Waals surface area contributed by atoms with Crippen LogP contribution in [0.2, 0.25) is 0 Å². The molecule has 0 aromatic carbocycles. The molecule has 110 valence electrons. The van der Waals surface area contributed by atoms with Crippen LogP contribution in [0.15, 0.2) is 12.4 Å². The van der Waals surface area contributed by atoms with E-state index in [4.69, 9.17) is 9.84 Å². The lowest BCUT2D eigenvalue weighted by atomic mass is 10.1. The summed E-state index contributed by atoms with van der Waals surface area (Å²) in [7, 11) is 1.80. The molecule has 0 aliphatic carbocycles. The number of rotatable bonds is 4. The van der Waals surface area contributed by atoms with Crippen molar-refractivity contribution >= 4 is 12.0 Å². The molecule has 1 fully saturated rings. The van der Waals surface area contributed by atoms with Crippen LogP contribution < -0.4 is 5.32 Å². The summed E-state index contributed by atoms with van der Waals surface area (Å²) in [5, 5.41) is 15.6. The van der Waals surface area contributed by atoms with Crippen LogP contribution >= 0.6 is 0 Å². The highest BCUT2D eigenvalue weighted by Crippen LogP contribution is 2.11. The fourth-order valence-corrected chi connectivity index (χ4v) is 2.14. The van der Waals surface area contributed by atoms with E-state index >= 15 is 0 Å². The van der Waals surface area contributed by atoms with Crippen LogP contribution in [-0.2, 0) is 23.1 Å². The second-order valence-electron chi connectivity index (χ2n) is 4.70. The molecule has 1 aliphatic rings. The van der Waals surface area contributed by atoms with Gasteiger partial charge in [-0.2, -0.15) is 5.10 Å². The number of aliphatic carboxylic acids is 1. The van der Waals surface area contributed by atoms with Gasteiger partial charge < -0.3 is 20.1 Å². The number of aromatic nitrogens is 2. The van der Waals surface area contributed by atoms with E-state index in [-0.39, 0.29) is 19.1 Å². The number of aryl methyl sites for hydroxylation is 1. The van der Waals surface area contributed by atoms with Crippen LogP contribution in [-0.4, -0.2) is 57.6 Å². The van der Waals surface area contributed by atoms with Crippen molar-refractivity contribution in [2.75, 3.05) is 19.8 Å². The van der Waals surface area contributed by atoms with E-state index in [1.807, 2.05) is 6.20 Å². The van der Waals surface area contributed by atoms with Crippen molar-refractivity contribution in [2.45, 2.75) is 19.0 Å². The second kappa shape index (κ2) is 6.38. The summed E-state index contributed by atoms with van der Waals surface area (Å²) in [5.74, 6) is -0.939. The lowest BCUT2D eigenvalue weighted by Crippen LogP contribution is -2.53. The maximum Gasteiger partial charge on any atom is 0.318 e. The molecular weight excluding hydrogens is 264 g/mol. The number of carboxylic acid groups (broad SMARTS) is 1. The number of carbonyl (C=O) groups excluding carboxylic acids is 1. The summed E-state index contributed by atoms with van der Waals surface area (Å²) in [4.78, 5) is 24.4. The molecule has 0 bridgehead atoms. The number of hydrogen-bond acceptors (Lipinski definition) is 4. The molecular formula is C12H18N4O4. The number of carbonyl (C=O) groups is 2. The largest absolute Gasteiger partial charge is 0.481 e. The lowest BCUT2D eigenvalue weighted by Gasteiger charge is -2.34. The van der Waals surface area contributed by atoms with Gasteiger partial charge in [0.15, 0.2) is 0 Å². The van der Waals surface area contributed by atoms with E-state index in [1.54, 1.807) is 17.9 Å². The summed E-state index contributed by atoms with van der Waals surface area (Å²) < 4.78 is 6.89. The summed E-state index contributed by atoms with van der Waals surface area (Å²) >= 11 is 0. The standard InChI is InChI=1S/C12H18N4O4/c1-15-7-9(6-14-15)5-13-12(19)16-2-3-20-8-10(16)4-11(17)18/h6-7,10H,2-5,8H2,1H3,(H,13,19)(H,17,18). The van der Waals surface area contributed by atoms with Crippen molar-refractivity contribution in [1.29, 1.82) is 0 Å². The third-order valence-electron chi connectivity index (χ3n) is 3.10. The van der Waals surface area contributed by atoms with Crippen molar-refractivity contribution in [3.8, 4) is 0 Å².